The smallest absolute Gasteiger partial charge is 0.147 e. The predicted molar refractivity (Wildman–Crippen MR) is 120 cm³/mol. The second-order valence-corrected chi connectivity index (χ2v) is 7.78. The molecule has 5 heteroatoms. The highest BCUT2D eigenvalue weighted by Crippen LogP contribution is 2.35. The Kier molecular flexibility index (Phi) is 5.61. The lowest BCUT2D eigenvalue weighted by Crippen LogP contribution is -2.32. The number of aromatic nitrogens is 1. The summed E-state index contributed by atoms with van der Waals surface area (Å²) in [6.07, 6.45) is 6.02. The summed E-state index contributed by atoms with van der Waals surface area (Å²) in [5, 5.41) is 18.9. The Morgan fingerprint density at radius 1 is 1.10 bits per heavy atom. The minimum Gasteiger partial charge on any atom is -0.505 e. The summed E-state index contributed by atoms with van der Waals surface area (Å²) in [5.41, 5.74) is 3.59. The van der Waals surface area contributed by atoms with Gasteiger partial charge in [0.25, 0.3) is 0 Å². The Morgan fingerprint density at radius 2 is 1.90 bits per heavy atom. The molecule has 30 heavy (non-hydrogen) atoms. The standard InChI is InChI=1S/C25H27N3O2/c1-16(2)30-20-9-6-19(7-10-20)23(28-22-15-17(3)12-14-26-22)21-11-8-18-5-4-13-27-24(18)25(21)29/h4-13,15-16,23,26,28-29H,14H2,1-3H3. The van der Waals surface area contributed by atoms with Crippen LogP contribution in [0, 0.1) is 0 Å². The van der Waals surface area contributed by atoms with E-state index in [1.54, 1.807) is 6.20 Å². The van der Waals surface area contributed by atoms with Gasteiger partial charge >= 0.3 is 0 Å². The van der Waals surface area contributed by atoms with E-state index in [2.05, 4.69) is 34.7 Å². The highest BCUT2D eigenvalue weighted by atomic mass is 16.5. The molecule has 0 saturated heterocycles. The fourth-order valence-electron chi connectivity index (χ4n) is 3.64. The van der Waals surface area contributed by atoms with Crippen LogP contribution in [0.4, 0.5) is 0 Å². The van der Waals surface area contributed by atoms with Gasteiger partial charge in [-0.25, -0.2) is 0 Å². The van der Waals surface area contributed by atoms with Gasteiger partial charge in [-0.2, -0.15) is 0 Å². The van der Waals surface area contributed by atoms with Crippen LogP contribution in [0.1, 0.15) is 37.9 Å². The molecule has 1 unspecified atom stereocenters. The topological polar surface area (TPSA) is 66.4 Å². The van der Waals surface area contributed by atoms with Crippen molar-refractivity contribution in [3.8, 4) is 11.5 Å². The van der Waals surface area contributed by atoms with E-state index >= 15 is 0 Å². The van der Waals surface area contributed by atoms with E-state index in [0.717, 1.165) is 34.6 Å². The number of phenols is 1. The molecule has 3 N–H and O–H groups in total. The molecule has 0 bridgehead atoms. The van der Waals surface area contributed by atoms with Crippen LogP contribution in [0.3, 0.4) is 0 Å². The first kappa shape index (κ1) is 19.8. The summed E-state index contributed by atoms with van der Waals surface area (Å²) in [6, 6.07) is 15.5. The Hall–Kier alpha value is -3.47. The number of dihydropyridines is 1. The molecule has 4 rings (SSSR count). The molecule has 0 spiro atoms. The van der Waals surface area contributed by atoms with Crippen LogP contribution in [-0.2, 0) is 0 Å². The third-order valence-electron chi connectivity index (χ3n) is 5.06. The Bertz CT molecular complexity index is 1100. The summed E-state index contributed by atoms with van der Waals surface area (Å²) in [5.74, 6) is 1.94. The molecular formula is C25H27N3O2. The molecule has 1 atom stereocenters. The summed E-state index contributed by atoms with van der Waals surface area (Å²) in [7, 11) is 0. The number of hydrogen-bond donors (Lipinski definition) is 3. The molecule has 2 heterocycles. The molecule has 154 valence electrons. The first-order valence-corrected chi connectivity index (χ1v) is 10.2. The van der Waals surface area contributed by atoms with Gasteiger partial charge in [-0.3, -0.25) is 4.98 Å². The van der Waals surface area contributed by atoms with Crippen LogP contribution >= 0.6 is 0 Å². The average Bonchev–Trinajstić information content (AvgIpc) is 2.73. The van der Waals surface area contributed by atoms with E-state index in [-0.39, 0.29) is 17.9 Å². The number of phenolic OH excluding ortho intramolecular Hbond substituents is 1. The van der Waals surface area contributed by atoms with Crippen LogP contribution in [0.25, 0.3) is 10.9 Å². The number of rotatable bonds is 6. The quantitative estimate of drug-likeness (QED) is 0.554. The van der Waals surface area contributed by atoms with Crippen molar-refractivity contribution in [2.24, 2.45) is 0 Å². The maximum absolute atomic E-state index is 11.1. The normalized spacial score (nSPS) is 14.7. The van der Waals surface area contributed by atoms with E-state index in [1.165, 1.54) is 5.57 Å². The van der Waals surface area contributed by atoms with Crippen molar-refractivity contribution in [3.05, 3.63) is 89.4 Å². The van der Waals surface area contributed by atoms with Gasteiger partial charge in [-0.05, 0) is 56.2 Å². The maximum atomic E-state index is 11.1. The molecule has 1 aliphatic heterocycles. The Labute approximate surface area is 177 Å². The van der Waals surface area contributed by atoms with Crippen LogP contribution in [0.2, 0.25) is 0 Å². The van der Waals surface area contributed by atoms with E-state index in [1.807, 2.05) is 62.4 Å². The third kappa shape index (κ3) is 4.25. The second kappa shape index (κ2) is 8.49. The first-order valence-electron chi connectivity index (χ1n) is 10.2. The number of allylic oxidation sites excluding steroid dienone is 2. The molecule has 2 aromatic carbocycles. The molecule has 1 aliphatic rings. The molecule has 0 fully saturated rings. The molecule has 5 nitrogen and oxygen atoms in total. The zero-order chi connectivity index (χ0) is 21.1. The van der Waals surface area contributed by atoms with Crippen LogP contribution in [0.15, 0.2) is 78.3 Å². The van der Waals surface area contributed by atoms with Crippen molar-refractivity contribution in [3.63, 3.8) is 0 Å². The van der Waals surface area contributed by atoms with Crippen molar-refractivity contribution in [2.75, 3.05) is 6.54 Å². The molecule has 0 radical (unpaired) electrons. The summed E-state index contributed by atoms with van der Waals surface area (Å²) >= 11 is 0. The number of benzene rings is 2. The number of hydrogen-bond acceptors (Lipinski definition) is 5. The van der Waals surface area contributed by atoms with Gasteiger partial charge in [0.05, 0.1) is 18.0 Å². The average molecular weight is 402 g/mol. The van der Waals surface area contributed by atoms with Gasteiger partial charge in [0.15, 0.2) is 0 Å². The van der Waals surface area contributed by atoms with Crippen LogP contribution < -0.4 is 15.4 Å². The van der Waals surface area contributed by atoms with E-state index in [4.69, 9.17) is 4.74 Å². The van der Waals surface area contributed by atoms with Crippen LogP contribution in [-0.4, -0.2) is 22.7 Å². The van der Waals surface area contributed by atoms with Gasteiger partial charge in [0.1, 0.15) is 17.0 Å². The minimum absolute atomic E-state index is 0.117. The van der Waals surface area contributed by atoms with Crippen molar-refractivity contribution in [1.82, 2.24) is 15.6 Å². The van der Waals surface area contributed by atoms with Gasteiger partial charge in [-0.1, -0.05) is 36.4 Å². The molecular weight excluding hydrogens is 374 g/mol. The minimum atomic E-state index is -0.255. The monoisotopic (exact) mass is 401 g/mol. The number of nitrogens with zero attached hydrogens (tertiary/aromatic N) is 1. The molecule has 0 aliphatic carbocycles. The van der Waals surface area contributed by atoms with Crippen molar-refractivity contribution in [1.29, 1.82) is 0 Å². The molecule has 1 aromatic heterocycles. The lowest BCUT2D eigenvalue weighted by Gasteiger charge is -2.26. The van der Waals surface area contributed by atoms with Crippen molar-refractivity contribution >= 4 is 10.9 Å². The van der Waals surface area contributed by atoms with Gasteiger partial charge in [0, 0.05) is 23.7 Å². The van der Waals surface area contributed by atoms with E-state index in [0.29, 0.717) is 5.52 Å². The SMILES string of the molecule is CC1=CCNC(NC(c2ccc(OC(C)C)cc2)c2ccc3cccnc3c2O)=C1. The van der Waals surface area contributed by atoms with Crippen molar-refractivity contribution < 1.29 is 9.84 Å². The fraction of sp³-hybridized carbons (Fsp3) is 0.240. The van der Waals surface area contributed by atoms with Gasteiger partial charge < -0.3 is 20.5 Å². The first-order chi connectivity index (χ1) is 14.5. The second-order valence-electron chi connectivity index (χ2n) is 7.78. The lowest BCUT2D eigenvalue weighted by atomic mass is 9.96. The zero-order valence-corrected chi connectivity index (χ0v) is 17.5. The molecule has 0 saturated carbocycles. The number of fused-ring (bicyclic) bond motifs is 1. The predicted octanol–water partition coefficient (Wildman–Crippen LogP) is 4.80. The van der Waals surface area contributed by atoms with Gasteiger partial charge in [0.2, 0.25) is 0 Å². The maximum Gasteiger partial charge on any atom is 0.147 e. The summed E-state index contributed by atoms with van der Waals surface area (Å²) < 4.78 is 5.79. The van der Waals surface area contributed by atoms with E-state index in [9.17, 15) is 5.11 Å². The molecule has 3 aromatic rings. The summed E-state index contributed by atoms with van der Waals surface area (Å²) in [6.45, 7) is 6.86. The largest absolute Gasteiger partial charge is 0.505 e. The zero-order valence-electron chi connectivity index (χ0n) is 17.5. The lowest BCUT2D eigenvalue weighted by molar-refractivity contribution is 0.242. The van der Waals surface area contributed by atoms with E-state index < -0.39 is 0 Å². The van der Waals surface area contributed by atoms with Crippen molar-refractivity contribution in [2.45, 2.75) is 32.9 Å². The number of pyridine rings is 1. The Morgan fingerprint density at radius 3 is 2.63 bits per heavy atom. The summed E-state index contributed by atoms with van der Waals surface area (Å²) in [4.78, 5) is 4.39. The fourth-order valence-corrected chi connectivity index (χ4v) is 3.64. The highest BCUT2D eigenvalue weighted by molar-refractivity contribution is 5.85. The number of nitrogens with one attached hydrogen (secondary N) is 2. The molecule has 0 amide bonds. The third-order valence-corrected chi connectivity index (χ3v) is 5.06. The van der Waals surface area contributed by atoms with Crippen LogP contribution in [0.5, 0.6) is 11.5 Å². The van der Waals surface area contributed by atoms with Gasteiger partial charge in [-0.15, -0.1) is 0 Å². The number of ether oxygens (including phenoxy) is 1. The Balaban J connectivity index is 1.76. The number of aromatic hydroxyl groups is 1. The highest BCUT2D eigenvalue weighted by Gasteiger charge is 2.21.